The number of ether oxygens (including phenoxy) is 2. The topological polar surface area (TPSA) is 79.4 Å². The number of nitrogens with zero attached hydrogens (tertiary/aromatic N) is 3. The number of piperazine rings is 1. The normalized spacial score (nSPS) is 14.6. The van der Waals surface area contributed by atoms with Crippen LogP contribution in [0.1, 0.15) is 5.56 Å². The van der Waals surface area contributed by atoms with E-state index in [0.717, 1.165) is 28.8 Å². The van der Waals surface area contributed by atoms with Gasteiger partial charge in [0.25, 0.3) is 5.91 Å². The summed E-state index contributed by atoms with van der Waals surface area (Å²) in [6, 6.07) is 12.5. The number of sulfonamides is 1. The third-order valence-corrected chi connectivity index (χ3v) is 7.16. The van der Waals surface area contributed by atoms with Gasteiger partial charge in [0.2, 0.25) is 10.0 Å². The van der Waals surface area contributed by atoms with Gasteiger partial charge in [0.15, 0.2) is 6.61 Å². The zero-order chi connectivity index (χ0) is 22.6. The van der Waals surface area contributed by atoms with E-state index in [9.17, 15) is 13.2 Å². The van der Waals surface area contributed by atoms with E-state index in [0.29, 0.717) is 24.4 Å². The number of amides is 1. The minimum Gasteiger partial charge on any atom is -0.497 e. The van der Waals surface area contributed by atoms with Gasteiger partial charge in [0.1, 0.15) is 11.5 Å². The van der Waals surface area contributed by atoms with E-state index in [1.807, 2.05) is 24.3 Å². The molecule has 0 saturated carbocycles. The van der Waals surface area contributed by atoms with Crippen molar-refractivity contribution in [1.82, 2.24) is 9.21 Å². The molecule has 1 fully saturated rings. The highest BCUT2D eigenvalue weighted by atomic mass is 32.2. The second kappa shape index (κ2) is 9.57. The summed E-state index contributed by atoms with van der Waals surface area (Å²) < 4.78 is 36.5. The first-order valence-corrected chi connectivity index (χ1v) is 11.5. The van der Waals surface area contributed by atoms with Gasteiger partial charge < -0.3 is 19.3 Å². The zero-order valence-electron chi connectivity index (χ0n) is 18.4. The van der Waals surface area contributed by atoms with Crippen molar-refractivity contribution in [2.75, 3.05) is 58.9 Å². The lowest BCUT2D eigenvalue weighted by atomic mass is 10.2. The lowest BCUT2D eigenvalue weighted by Crippen LogP contribution is -2.50. The summed E-state index contributed by atoms with van der Waals surface area (Å²) >= 11 is 0. The maximum absolute atomic E-state index is 12.6. The number of benzene rings is 2. The Kier molecular flexibility index (Phi) is 7.07. The summed E-state index contributed by atoms with van der Waals surface area (Å²) in [4.78, 5) is 16.8. The summed E-state index contributed by atoms with van der Waals surface area (Å²) in [5, 5.41) is 0. The summed E-state index contributed by atoms with van der Waals surface area (Å²) in [6.45, 7) is 4.41. The first kappa shape index (κ1) is 22.9. The molecule has 0 unspecified atom stereocenters. The molecule has 0 spiro atoms. The maximum Gasteiger partial charge on any atom is 0.260 e. The van der Waals surface area contributed by atoms with E-state index >= 15 is 0 Å². The molecule has 2 aromatic rings. The standard InChI is InChI=1S/C22H29N3O5S/c1-17-15-20(31(27,28)23(2)3)9-10-21(17)30-16-22(26)25-13-11-24(12-14-25)18-5-7-19(29-4)8-6-18/h5-10,15H,11-14,16H2,1-4H3. The number of methoxy groups -OCH3 is 1. The van der Waals surface area contributed by atoms with Crippen LogP contribution in [0.5, 0.6) is 11.5 Å². The fourth-order valence-electron chi connectivity index (χ4n) is 3.39. The van der Waals surface area contributed by atoms with Crippen molar-refractivity contribution >= 4 is 21.6 Å². The second-order valence-corrected chi connectivity index (χ2v) is 9.72. The van der Waals surface area contributed by atoms with Crippen LogP contribution in [0.4, 0.5) is 5.69 Å². The largest absolute Gasteiger partial charge is 0.497 e. The summed E-state index contributed by atoms with van der Waals surface area (Å²) in [5.41, 5.74) is 1.77. The van der Waals surface area contributed by atoms with Crippen LogP contribution in [0.2, 0.25) is 0 Å². The molecule has 8 nitrogen and oxygen atoms in total. The Bertz CT molecular complexity index is 1010. The molecule has 0 aromatic heterocycles. The minimum atomic E-state index is -3.51. The number of rotatable bonds is 7. The van der Waals surface area contributed by atoms with E-state index in [2.05, 4.69) is 4.90 Å². The fourth-order valence-corrected chi connectivity index (χ4v) is 4.38. The van der Waals surface area contributed by atoms with Crippen LogP contribution in [0, 0.1) is 6.92 Å². The first-order chi connectivity index (χ1) is 14.7. The van der Waals surface area contributed by atoms with Gasteiger partial charge in [-0.3, -0.25) is 4.79 Å². The second-order valence-electron chi connectivity index (χ2n) is 7.57. The van der Waals surface area contributed by atoms with Gasteiger partial charge in [-0.25, -0.2) is 12.7 Å². The van der Waals surface area contributed by atoms with Crippen LogP contribution < -0.4 is 14.4 Å². The Hall–Kier alpha value is -2.78. The van der Waals surface area contributed by atoms with Crippen LogP contribution in [0.25, 0.3) is 0 Å². The molecule has 0 atom stereocenters. The van der Waals surface area contributed by atoms with Gasteiger partial charge >= 0.3 is 0 Å². The van der Waals surface area contributed by atoms with Crippen LogP contribution in [-0.2, 0) is 14.8 Å². The molecule has 31 heavy (non-hydrogen) atoms. The van der Waals surface area contributed by atoms with Crippen LogP contribution in [0.3, 0.4) is 0 Å². The van der Waals surface area contributed by atoms with Gasteiger partial charge in [-0.15, -0.1) is 0 Å². The van der Waals surface area contributed by atoms with Gasteiger partial charge in [0.05, 0.1) is 12.0 Å². The molecule has 1 saturated heterocycles. The number of aryl methyl sites for hydroxylation is 1. The van der Waals surface area contributed by atoms with Gasteiger partial charge in [-0.2, -0.15) is 0 Å². The zero-order valence-corrected chi connectivity index (χ0v) is 19.2. The number of carbonyl (C=O) groups excluding carboxylic acids is 1. The van der Waals surface area contributed by atoms with E-state index in [4.69, 9.17) is 9.47 Å². The molecule has 168 valence electrons. The number of carbonyl (C=O) groups is 1. The molecule has 0 N–H and O–H groups in total. The Morgan fingerprint density at radius 3 is 2.23 bits per heavy atom. The molecule has 9 heteroatoms. The molecule has 0 bridgehead atoms. The van der Waals surface area contributed by atoms with Crippen molar-refractivity contribution in [2.45, 2.75) is 11.8 Å². The highest BCUT2D eigenvalue weighted by Gasteiger charge is 2.22. The molecule has 1 aliphatic heterocycles. The summed E-state index contributed by atoms with van der Waals surface area (Å²) in [5.74, 6) is 1.24. The molecule has 3 rings (SSSR count). The van der Waals surface area contributed by atoms with Crippen molar-refractivity contribution in [1.29, 1.82) is 0 Å². The molecular weight excluding hydrogens is 418 g/mol. The Morgan fingerprint density at radius 2 is 1.68 bits per heavy atom. The number of hydrogen-bond donors (Lipinski definition) is 0. The molecule has 1 amide bonds. The average molecular weight is 448 g/mol. The Morgan fingerprint density at radius 1 is 1.03 bits per heavy atom. The maximum atomic E-state index is 12.6. The smallest absolute Gasteiger partial charge is 0.260 e. The molecule has 2 aromatic carbocycles. The van der Waals surface area contributed by atoms with Crippen molar-refractivity contribution < 1.29 is 22.7 Å². The summed E-state index contributed by atoms with van der Waals surface area (Å²) in [7, 11) is 1.11. The SMILES string of the molecule is COc1ccc(N2CCN(C(=O)COc3ccc(S(=O)(=O)N(C)C)cc3C)CC2)cc1. The van der Waals surface area contributed by atoms with Crippen LogP contribution >= 0.6 is 0 Å². The Labute approximate surface area is 184 Å². The Balaban J connectivity index is 1.53. The third kappa shape index (κ3) is 5.29. The average Bonchev–Trinajstić information content (AvgIpc) is 2.78. The molecule has 0 radical (unpaired) electrons. The van der Waals surface area contributed by atoms with Gasteiger partial charge in [-0.05, 0) is 55.0 Å². The predicted molar refractivity (Wildman–Crippen MR) is 119 cm³/mol. The predicted octanol–water partition coefficient (Wildman–Crippen LogP) is 1.98. The number of hydrogen-bond acceptors (Lipinski definition) is 6. The van der Waals surface area contributed by atoms with E-state index in [1.165, 1.54) is 20.2 Å². The van der Waals surface area contributed by atoms with Crippen molar-refractivity contribution in [3.05, 3.63) is 48.0 Å². The van der Waals surface area contributed by atoms with Crippen LogP contribution in [0.15, 0.2) is 47.4 Å². The fraction of sp³-hybridized carbons (Fsp3) is 0.409. The monoisotopic (exact) mass is 447 g/mol. The van der Waals surface area contributed by atoms with Crippen molar-refractivity contribution in [3.8, 4) is 11.5 Å². The summed E-state index contributed by atoms with van der Waals surface area (Å²) in [6.07, 6.45) is 0. The quantitative estimate of drug-likeness (QED) is 0.646. The van der Waals surface area contributed by atoms with Crippen LogP contribution in [-0.4, -0.2) is 77.5 Å². The van der Waals surface area contributed by atoms with E-state index < -0.39 is 10.0 Å². The van der Waals surface area contributed by atoms with E-state index in [-0.39, 0.29) is 17.4 Å². The molecule has 0 aliphatic carbocycles. The van der Waals surface area contributed by atoms with Gasteiger partial charge in [-0.1, -0.05) is 0 Å². The molecule has 1 heterocycles. The van der Waals surface area contributed by atoms with Crippen molar-refractivity contribution in [2.24, 2.45) is 0 Å². The minimum absolute atomic E-state index is 0.0802. The lowest BCUT2D eigenvalue weighted by molar-refractivity contribution is -0.133. The highest BCUT2D eigenvalue weighted by molar-refractivity contribution is 7.89. The third-order valence-electron chi connectivity index (χ3n) is 5.35. The van der Waals surface area contributed by atoms with Gasteiger partial charge in [0, 0.05) is 46.0 Å². The highest BCUT2D eigenvalue weighted by Crippen LogP contribution is 2.24. The van der Waals surface area contributed by atoms with Crippen molar-refractivity contribution in [3.63, 3.8) is 0 Å². The first-order valence-electron chi connectivity index (χ1n) is 10.0. The lowest BCUT2D eigenvalue weighted by Gasteiger charge is -2.36. The van der Waals surface area contributed by atoms with E-state index in [1.54, 1.807) is 31.1 Å². The molecule has 1 aliphatic rings. The number of anilines is 1. The molecular formula is C22H29N3O5S.